The van der Waals surface area contributed by atoms with E-state index in [9.17, 15) is 19.3 Å². The molecule has 0 saturated heterocycles. The number of carbonyl (C=O) groups is 2. The number of esters is 2. The van der Waals surface area contributed by atoms with E-state index in [0.717, 1.165) is 51.4 Å². The Morgan fingerprint density at radius 3 is 1.79 bits per heavy atom. The summed E-state index contributed by atoms with van der Waals surface area (Å²) in [5.74, 6) is -1.08. The molecule has 3 N–H and O–H groups in total. The molecule has 2 atom stereocenters. The molecule has 0 spiro atoms. The van der Waals surface area contributed by atoms with Gasteiger partial charge >= 0.3 is 19.8 Å². The van der Waals surface area contributed by atoms with Gasteiger partial charge in [0, 0.05) is 12.8 Å². The fraction of sp³-hybridized carbons (Fsp3) is 0.628. The van der Waals surface area contributed by atoms with Crippen molar-refractivity contribution in [2.45, 2.75) is 161 Å². The number of phosphoric ester groups is 1. The van der Waals surface area contributed by atoms with Gasteiger partial charge in [-0.15, -0.1) is 0 Å². The van der Waals surface area contributed by atoms with Crippen LogP contribution in [-0.2, 0) is 28.2 Å². The summed E-state index contributed by atoms with van der Waals surface area (Å²) in [6.07, 6.45) is 46.2. The molecule has 0 saturated carbocycles. The predicted octanol–water partition coefficient (Wildman–Crippen LogP) is 11.0. The first-order chi connectivity index (χ1) is 25.7. The molecule has 53 heavy (non-hydrogen) atoms. The van der Waals surface area contributed by atoms with Crippen molar-refractivity contribution >= 4 is 19.8 Å². The molecule has 0 radical (unpaired) electrons. The van der Waals surface area contributed by atoms with E-state index >= 15 is 0 Å². The van der Waals surface area contributed by atoms with Crippen molar-refractivity contribution in [3.05, 3.63) is 85.1 Å². The molecule has 0 heterocycles. The van der Waals surface area contributed by atoms with Crippen LogP contribution < -0.4 is 0 Å². The zero-order valence-electron chi connectivity index (χ0n) is 32.7. The third-order valence-electron chi connectivity index (χ3n) is 7.99. The number of aliphatic hydroxyl groups excluding tert-OH is 1. The van der Waals surface area contributed by atoms with Crippen LogP contribution >= 0.6 is 7.82 Å². The Morgan fingerprint density at radius 1 is 0.604 bits per heavy atom. The lowest BCUT2D eigenvalue weighted by Crippen LogP contribution is -2.29. The van der Waals surface area contributed by atoms with Crippen molar-refractivity contribution in [3.8, 4) is 0 Å². The highest BCUT2D eigenvalue weighted by atomic mass is 31.2. The number of unbranched alkanes of at least 4 members (excludes halogenated alkanes) is 11. The molecular formula is C43H71O9P. The van der Waals surface area contributed by atoms with Gasteiger partial charge in [0.05, 0.1) is 12.7 Å². The maximum atomic E-state index is 12.4. The maximum absolute atomic E-state index is 12.4. The van der Waals surface area contributed by atoms with Crippen molar-refractivity contribution in [1.29, 1.82) is 0 Å². The number of phosphoric acid groups is 1. The SMILES string of the molecule is CC/C=C\C/C=C\C/C=C\C/C=C\C=C/C(O)C/C=C\CCC(=O)OC[C@H](COP(=O)(O)O)OC(=O)CCCCCCCCC/C=C\CCCCCC. The van der Waals surface area contributed by atoms with Gasteiger partial charge in [-0.2, -0.15) is 0 Å². The lowest BCUT2D eigenvalue weighted by Gasteiger charge is -2.18. The second-order valence-electron chi connectivity index (χ2n) is 13.1. The predicted molar refractivity (Wildman–Crippen MR) is 217 cm³/mol. The van der Waals surface area contributed by atoms with Gasteiger partial charge in [0.25, 0.3) is 0 Å². The Hall–Kier alpha value is -2.81. The first-order valence-corrected chi connectivity index (χ1v) is 21.5. The summed E-state index contributed by atoms with van der Waals surface area (Å²) < 4.78 is 26.2. The molecule has 0 aliphatic heterocycles. The van der Waals surface area contributed by atoms with Crippen molar-refractivity contribution in [2.75, 3.05) is 13.2 Å². The summed E-state index contributed by atoms with van der Waals surface area (Å²) in [4.78, 5) is 42.8. The molecule has 0 aromatic rings. The van der Waals surface area contributed by atoms with Gasteiger partial charge in [-0.3, -0.25) is 14.1 Å². The minimum Gasteiger partial charge on any atom is -0.462 e. The molecule has 0 aromatic carbocycles. The number of hydrogen-bond donors (Lipinski definition) is 3. The number of ether oxygens (including phenoxy) is 2. The average molecular weight is 763 g/mol. The van der Waals surface area contributed by atoms with E-state index < -0.39 is 38.6 Å². The fourth-order valence-electron chi connectivity index (χ4n) is 5.01. The topological polar surface area (TPSA) is 140 Å². The van der Waals surface area contributed by atoms with E-state index in [2.05, 4.69) is 67.0 Å². The Bertz CT molecular complexity index is 1150. The van der Waals surface area contributed by atoms with Crippen LogP contribution in [0.1, 0.15) is 149 Å². The lowest BCUT2D eigenvalue weighted by atomic mass is 10.1. The second-order valence-corrected chi connectivity index (χ2v) is 14.3. The Labute approximate surface area is 321 Å². The summed E-state index contributed by atoms with van der Waals surface area (Å²) in [6, 6.07) is 0. The molecular weight excluding hydrogens is 691 g/mol. The van der Waals surface area contributed by atoms with Crippen LogP contribution in [-0.4, -0.2) is 52.3 Å². The third kappa shape index (κ3) is 40.2. The van der Waals surface area contributed by atoms with Gasteiger partial charge in [0.15, 0.2) is 6.10 Å². The van der Waals surface area contributed by atoms with E-state index in [0.29, 0.717) is 19.3 Å². The zero-order valence-corrected chi connectivity index (χ0v) is 33.6. The highest BCUT2D eigenvalue weighted by molar-refractivity contribution is 7.46. The van der Waals surface area contributed by atoms with Crippen molar-refractivity contribution in [1.82, 2.24) is 0 Å². The largest absolute Gasteiger partial charge is 0.469 e. The lowest BCUT2D eigenvalue weighted by molar-refractivity contribution is -0.161. The fourth-order valence-corrected chi connectivity index (χ4v) is 5.37. The average Bonchev–Trinajstić information content (AvgIpc) is 3.12. The van der Waals surface area contributed by atoms with Gasteiger partial charge in [0.2, 0.25) is 0 Å². The highest BCUT2D eigenvalue weighted by Gasteiger charge is 2.22. The Balaban J connectivity index is 4.19. The number of allylic oxidation sites excluding steroid dienone is 12. The number of aliphatic hydroxyl groups is 1. The summed E-state index contributed by atoms with van der Waals surface area (Å²) in [7, 11) is -4.80. The van der Waals surface area contributed by atoms with Crippen LogP contribution in [0, 0.1) is 0 Å². The Kier molecular flexibility index (Phi) is 35.5. The second kappa shape index (κ2) is 37.5. The van der Waals surface area contributed by atoms with Gasteiger partial charge in [-0.1, -0.05) is 150 Å². The van der Waals surface area contributed by atoms with E-state index in [-0.39, 0.29) is 19.4 Å². The van der Waals surface area contributed by atoms with Gasteiger partial charge < -0.3 is 24.4 Å². The monoisotopic (exact) mass is 762 g/mol. The number of rotatable bonds is 35. The van der Waals surface area contributed by atoms with E-state index in [1.807, 2.05) is 18.2 Å². The van der Waals surface area contributed by atoms with Crippen molar-refractivity contribution in [3.63, 3.8) is 0 Å². The van der Waals surface area contributed by atoms with Crippen LogP contribution in [0.2, 0.25) is 0 Å². The van der Waals surface area contributed by atoms with E-state index in [1.165, 1.54) is 51.4 Å². The quantitative estimate of drug-likeness (QED) is 0.0189. The van der Waals surface area contributed by atoms with Gasteiger partial charge in [-0.25, -0.2) is 4.57 Å². The van der Waals surface area contributed by atoms with E-state index in [1.54, 1.807) is 18.2 Å². The molecule has 0 amide bonds. The third-order valence-corrected chi connectivity index (χ3v) is 8.48. The van der Waals surface area contributed by atoms with Crippen LogP contribution in [0.5, 0.6) is 0 Å². The molecule has 0 fully saturated rings. The summed E-state index contributed by atoms with van der Waals surface area (Å²) in [6.45, 7) is 3.39. The van der Waals surface area contributed by atoms with Crippen LogP contribution in [0.15, 0.2) is 85.1 Å². The molecule has 302 valence electrons. The summed E-state index contributed by atoms with van der Waals surface area (Å²) in [5, 5.41) is 10.1. The first-order valence-electron chi connectivity index (χ1n) is 20.0. The number of carbonyl (C=O) groups excluding carboxylic acids is 2. The zero-order chi connectivity index (χ0) is 39.1. The molecule has 9 nitrogen and oxygen atoms in total. The molecule has 1 unspecified atom stereocenters. The minimum absolute atomic E-state index is 0.0558. The summed E-state index contributed by atoms with van der Waals surface area (Å²) in [5.41, 5.74) is 0. The van der Waals surface area contributed by atoms with Gasteiger partial charge in [-0.05, 0) is 70.6 Å². The van der Waals surface area contributed by atoms with Crippen molar-refractivity contribution < 1.29 is 43.0 Å². The van der Waals surface area contributed by atoms with Crippen LogP contribution in [0.4, 0.5) is 0 Å². The van der Waals surface area contributed by atoms with Gasteiger partial charge in [0.1, 0.15) is 6.61 Å². The molecule has 0 aliphatic carbocycles. The minimum atomic E-state index is -4.80. The maximum Gasteiger partial charge on any atom is 0.469 e. The first kappa shape index (κ1) is 50.2. The van der Waals surface area contributed by atoms with Crippen LogP contribution in [0.25, 0.3) is 0 Å². The van der Waals surface area contributed by atoms with E-state index in [4.69, 9.17) is 19.3 Å². The normalized spacial score (nSPS) is 14.0. The highest BCUT2D eigenvalue weighted by Crippen LogP contribution is 2.36. The molecule has 10 heteroatoms. The molecule has 0 aromatic heterocycles. The number of hydrogen-bond acceptors (Lipinski definition) is 7. The summed E-state index contributed by atoms with van der Waals surface area (Å²) >= 11 is 0. The molecule has 0 bridgehead atoms. The molecule has 0 aliphatic rings. The van der Waals surface area contributed by atoms with Crippen molar-refractivity contribution in [2.24, 2.45) is 0 Å². The Morgan fingerprint density at radius 2 is 1.17 bits per heavy atom. The standard InChI is InChI=1S/C43H71O9P/c1-3-5-7-9-11-13-15-17-18-20-22-24-26-28-32-37-43(46)52-41(39-51-53(47,48)49)38-50-42(45)36-33-29-31-35-40(44)34-30-27-25-23-21-19-16-14-12-10-8-6-4-2/h6,8,12-15,19,21,25,27,29-31,34,40-41,44H,3-5,7,9-11,16-18,20,22-24,26,28,32-33,35-39H2,1-2H3,(H2,47,48,49)/b8-6-,14-12-,15-13-,21-19-,27-25-,31-29-,34-30-/t40?,41-/m1/s1. The molecule has 0 rings (SSSR count). The van der Waals surface area contributed by atoms with Crippen LogP contribution in [0.3, 0.4) is 0 Å². The smallest absolute Gasteiger partial charge is 0.462 e.